The molecule has 2 aliphatic heterocycles. The molecule has 0 bridgehead atoms. The van der Waals surface area contributed by atoms with Gasteiger partial charge in [-0.2, -0.15) is 0 Å². The molecule has 0 atom stereocenters. The van der Waals surface area contributed by atoms with Gasteiger partial charge >= 0.3 is 0 Å². The Kier molecular flexibility index (Phi) is 10.1. The van der Waals surface area contributed by atoms with Gasteiger partial charge < -0.3 is 9.32 Å². The van der Waals surface area contributed by atoms with E-state index in [0.717, 1.165) is 49.3 Å². The Bertz CT molecular complexity index is 4000. The Hall–Kier alpha value is -6.04. The van der Waals surface area contributed by atoms with Gasteiger partial charge in [0, 0.05) is 59.5 Å². The molecule has 3 aliphatic carbocycles. The standard InChI is InChI=1S/C72H77BN2OS/c1-66(2,3)43-23-25-44(26-24-43)75-59-36-42(46-20-18-21-48-47-19-16-17-22-61(47)77-64(46)48)35-58-63(59)73(62-49-38-52-55(41-60(49)76-65(62)75)72(14,15)34-31-69(52,8)9)56-39-53-54(71(12,13)33-32-70(53,10)11)40-57(56)74(58)45-27-28-50-51(37-45)68(6,7)30-29-67(50,4)5/h16-28,35-41H,29-34H2,1-15H3. The minimum atomic E-state index is -0.0985. The highest BCUT2D eigenvalue weighted by molar-refractivity contribution is 7.26. The van der Waals surface area contributed by atoms with Crippen LogP contribution in [0.3, 0.4) is 0 Å². The van der Waals surface area contributed by atoms with Crippen molar-refractivity contribution in [2.75, 3.05) is 9.80 Å². The van der Waals surface area contributed by atoms with Crippen LogP contribution in [0.25, 0.3) is 42.3 Å². The van der Waals surface area contributed by atoms with Crippen LogP contribution in [0.5, 0.6) is 0 Å². The molecular formula is C72H77BN2OS. The van der Waals surface area contributed by atoms with E-state index in [4.69, 9.17) is 4.42 Å². The fourth-order valence-corrected chi connectivity index (χ4v) is 16.4. The minimum Gasteiger partial charge on any atom is -0.440 e. The van der Waals surface area contributed by atoms with E-state index in [-0.39, 0.29) is 44.6 Å². The summed E-state index contributed by atoms with van der Waals surface area (Å²) in [6.07, 6.45) is 6.95. The van der Waals surface area contributed by atoms with E-state index in [9.17, 15) is 0 Å². The fraction of sp³-hybridized carbons (Fsp3) is 0.389. The lowest BCUT2D eigenvalue weighted by Gasteiger charge is -2.47. The van der Waals surface area contributed by atoms with E-state index in [1.165, 1.54) is 121 Å². The third-order valence-electron chi connectivity index (χ3n) is 20.4. The van der Waals surface area contributed by atoms with Crippen LogP contribution < -0.4 is 26.2 Å². The maximum Gasteiger partial charge on any atom is 0.257 e. The van der Waals surface area contributed by atoms with E-state index in [2.05, 4.69) is 235 Å². The number of hydrogen-bond donors (Lipinski definition) is 0. The lowest BCUT2D eigenvalue weighted by molar-refractivity contribution is 0.332. The average molecular weight is 1030 g/mol. The van der Waals surface area contributed by atoms with Gasteiger partial charge in [-0.3, -0.25) is 4.90 Å². The largest absolute Gasteiger partial charge is 0.440 e. The summed E-state index contributed by atoms with van der Waals surface area (Å²) in [5, 5.41) is 3.88. The molecule has 77 heavy (non-hydrogen) atoms. The van der Waals surface area contributed by atoms with Gasteiger partial charge in [0.15, 0.2) is 0 Å². The first-order valence-electron chi connectivity index (χ1n) is 29.0. The van der Waals surface area contributed by atoms with Gasteiger partial charge in [0.25, 0.3) is 6.71 Å². The number of hydrogen-bond acceptors (Lipinski definition) is 4. The summed E-state index contributed by atoms with van der Waals surface area (Å²) in [5.41, 5.74) is 23.9. The molecule has 0 fully saturated rings. The molecule has 4 heterocycles. The van der Waals surface area contributed by atoms with Crippen LogP contribution >= 0.6 is 11.3 Å². The minimum absolute atomic E-state index is 0.00108. The first-order valence-corrected chi connectivity index (χ1v) is 29.8. The van der Waals surface area contributed by atoms with Crippen molar-refractivity contribution in [2.24, 2.45) is 0 Å². The number of thiophene rings is 1. The number of furan rings is 1. The van der Waals surface area contributed by atoms with Crippen LogP contribution in [0.1, 0.15) is 181 Å². The molecule has 9 aromatic rings. The molecule has 2 aromatic heterocycles. The second kappa shape index (κ2) is 15.8. The first-order chi connectivity index (χ1) is 36.2. The van der Waals surface area contributed by atoms with Crippen LogP contribution in [0.4, 0.5) is 34.3 Å². The van der Waals surface area contributed by atoms with E-state index in [1.54, 1.807) is 0 Å². The van der Waals surface area contributed by atoms with Crippen molar-refractivity contribution in [3.63, 3.8) is 0 Å². The quantitative estimate of drug-likeness (QED) is 0.164. The molecule has 3 nitrogen and oxygen atoms in total. The van der Waals surface area contributed by atoms with E-state index in [1.807, 2.05) is 11.3 Å². The van der Waals surface area contributed by atoms with Crippen LogP contribution in [0, 0.1) is 0 Å². The third kappa shape index (κ3) is 7.13. The molecule has 0 amide bonds. The molecule has 390 valence electrons. The van der Waals surface area contributed by atoms with Crippen LogP contribution in [0.2, 0.25) is 0 Å². The normalized spacial score (nSPS) is 19.9. The summed E-state index contributed by atoms with van der Waals surface area (Å²) in [7, 11) is 0. The number of anilines is 6. The maximum absolute atomic E-state index is 7.72. The second-order valence-corrected chi connectivity index (χ2v) is 30.4. The highest BCUT2D eigenvalue weighted by Crippen LogP contribution is 2.55. The molecule has 0 N–H and O–H groups in total. The molecule has 5 heteroatoms. The van der Waals surface area contributed by atoms with Crippen molar-refractivity contribution in [3.8, 4) is 11.1 Å². The van der Waals surface area contributed by atoms with Gasteiger partial charge in [-0.15, -0.1) is 11.3 Å². The van der Waals surface area contributed by atoms with Gasteiger partial charge in [0.1, 0.15) is 5.58 Å². The summed E-state index contributed by atoms with van der Waals surface area (Å²) in [4.78, 5) is 5.27. The van der Waals surface area contributed by atoms with Crippen LogP contribution in [-0.2, 0) is 37.9 Å². The van der Waals surface area contributed by atoms with Gasteiger partial charge in [-0.1, -0.05) is 165 Å². The summed E-state index contributed by atoms with van der Waals surface area (Å²) in [6.45, 7) is 36.6. The Morgan fingerprint density at radius 1 is 0.455 bits per heavy atom. The first kappa shape index (κ1) is 49.3. The topological polar surface area (TPSA) is 19.6 Å². The molecule has 0 unspecified atom stereocenters. The van der Waals surface area contributed by atoms with Crippen molar-refractivity contribution < 1.29 is 4.42 Å². The zero-order chi connectivity index (χ0) is 53.9. The number of fused-ring (bicyclic) bond motifs is 12. The Morgan fingerprint density at radius 3 is 1.62 bits per heavy atom. The molecule has 14 rings (SSSR count). The second-order valence-electron chi connectivity index (χ2n) is 29.3. The molecule has 0 spiro atoms. The monoisotopic (exact) mass is 1030 g/mol. The molecule has 0 radical (unpaired) electrons. The summed E-state index contributed by atoms with van der Waals surface area (Å²) in [6, 6.07) is 48.6. The summed E-state index contributed by atoms with van der Waals surface area (Å²) in [5.74, 6) is 0.941. The Balaban J connectivity index is 1.16. The van der Waals surface area contributed by atoms with E-state index >= 15 is 0 Å². The molecule has 0 saturated heterocycles. The van der Waals surface area contributed by atoms with E-state index < -0.39 is 0 Å². The zero-order valence-electron chi connectivity index (χ0n) is 48.6. The van der Waals surface area contributed by atoms with Gasteiger partial charge in [0.05, 0.1) is 0 Å². The number of benzene rings is 7. The van der Waals surface area contributed by atoms with Crippen molar-refractivity contribution in [1.29, 1.82) is 0 Å². The fourth-order valence-electron chi connectivity index (χ4n) is 15.1. The predicted octanol–water partition coefficient (Wildman–Crippen LogP) is 18.9. The third-order valence-corrected chi connectivity index (χ3v) is 21.7. The zero-order valence-corrected chi connectivity index (χ0v) is 49.4. The van der Waals surface area contributed by atoms with Crippen LogP contribution in [-0.4, -0.2) is 6.71 Å². The summed E-state index contributed by atoms with van der Waals surface area (Å²) < 4.78 is 10.4. The highest BCUT2D eigenvalue weighted by Gasteiger charge is 2.50. The van der Waals surface area contributed by atoms with Crippen molar-refractivity contribution >= 4 is 99.9 Å². The van der Waals surface area contributed by atoms with Crippen LogP contribution in [0.15, 0.2) is 126 Å². The van der Waals surface area contributed by atoms with Crippen molar-refractivity contribution in [1.82, 2.24) is 0 Å². The van der Waals surface area contributed by atoms with Crippen molar-refractivity contribution in [2.45, 2.75) is 180 Å². The maximum atomic E-state index is 7.72. The van der Waals surface area contributed by atoms with Gasteiger partial charge in [-0.25, -0.2) is 0 Å². The molecule has 7 aromatic carbocycles. The SMILES string of the molecule is CC(C)(C)c1ccc(N2c3cc(-c4cccc5c4sc4ccccc45)cc4c3B(c3cc5c(cc3N4c3ccc4c(c3)C(C)(C)CCC4(C)C)C(C)(C)CCC5(C)C)c3c2oc2cc4c(cc32)C(C)(C)CCC4(C)C)cc1. The average Bonchev–Trinajstić information content (AvgIpc) is 4.12. The van der Waals surface area contributed by atoms with Crippen molar-refractivity contribution in [3.05, 3.63) is 160 Å². The Labute approximate surface area is 463 Å². The molecule has 0 saturated carbocycles. The van der Waals surface area contributed by atoms with Gasteiger partial charge in [0.2, 0.25) is 5.88 Å². The molecule has 5 aliphatic rings. The number of nitrogens with zero attached hydrogens (tertiary/aromatic N) is 2. The van der Waals surface area contributed by atoms with E-state index in [0.29, 0.717) is 0 Å². The lowest BCUT2D eigenvalue weighted by atomic mass is 9.33. The predicted molar refractivity (Wildman–Crippen MR) is 333 cm³/mol. The molecular weight excluding hydrogens is 952 g/mol. The Morgan fingerprint density at radius 2 is 0.987 bits per heavy atom. The highest BCUT2D eigenvalue weighted by atomic mass is 32.1. The lowest BCUT2D eigenvalue weighted by Crippen LogP contribution is -2.61. The summed E-state index contributed by atoms with van der Waals surface area (Å²) >= 11 is 1.92. The smallest absolute Gasteiger partial charge is 0.257 e. The number of rotatable bonds is 3. The van der Waals surface area contributed by atoms with Gasteiger partial charge in [-0.05, 0) is 198 Å².